The van der Waals surface area contributed by atoms with Crippen molar-refractivity contribution in [1.82, 2.24) is 15.6 Å². The maximum Gasteiger partial charge on any atom is 0.407 e. The van der Waals surface area contributed by atoms with Crippen molar-refractivity contribution < 1.29 is 9.53 Å². The van der Waals surface area contributed by atoms with Crippen molar-refractivity contribution in [2.45, 2.75) is 64.3 Å². The monoisotopic (exact) mass is 297 g/mol. The third-order valence-electron chi connectivity index (χ3n) is 3.22. The number of rotatable bonds is 4. The predicted octanol–water partition coefficient (Wildman–Crippen LogP) is 2.68. The molecule has 1 heterocycles. The van der Waals surface area contributed by atoms with E-state index in [9.17, 15) is 4.79 Å². The first-order valence-electron chi connectivity index (χ1n) is 7.05. The summed E-state index contributed by atoms with van der Waals surface area (Å²) < 4.78 is 5.31. The quantitative estimate of drug-likeness (QED) is 0.897. The Labute approximate surface area is 124 Å². The minimum absolute atomic E-state index is 0.143. The fraction of sp³-hybridized carbons (Fsp3) is 0.714. The molecule has 2 N–H and O–H groups in total. The number of alkyl carbamates (subject to hydrolysis) is 1. The summed E-state index contributed by atoms with van der Waals surface area (Å²) in [7, 11) is 0. The van der Waals surface area contributed by atoms with Gasteiger partial charge in [0.05, 0.1) is 0 Å². The highest BCUT2D eigenvalue weighted by Gasteiger charge is 2.29. The maximum absolute atomic E-state index is 11.8. The number of nitrogens with one attached hydrogen (secondary N) is 2. The van der Waals surface area contributed by atoms with E-state index >= 15 is 0 Å². The van der Waals surface area contributed by atoms with Gasteiger partial charge in [0.25, 0.3) is 0 Å². The summed E-state index contributed by atoms with van der Waals surface area (Å²) in [5, 5.41) is 9.51. The Morgan fingerprint density at radius 1 is 1.45 bits per heavy atom. The number of aromatic nitrogens is 1. The average molecular weight is 297 g/mol. The fourth-order valence-corrected chi connectivity index (χ4v) is 2.96. The van der Waals surface area contributed by atoms with Gasteiger partial charge in [-0.2, -0.15) is 0 Å². The lowest BCUT2D eigenvalue weighted by Gasteiger charge is -2.25. The number of nitrogens with zero attached hydrogens (tertiary/aromatic N) is 1. The van der Waals surface area contributed by atoms with Gasteiger partial charge in [0.2, 0.25) is 0 Å². The second-order valence-corrected chi connectivity index (χ2v) is 7.08. The van der Waals surface area contributed by atoms with E-state index in [4.69, 9.17) is 4.74 Å². The third kappa shape index (κ3) is 4.76. The van der Waals surface area contributed by atoms with E-state index in [1.54, 1.807) is 11.3 Å². The van der Waals surface area contributed by atoms with E-state index in [0.29, 0.717) is 6.04 Å². The second kappa shape index (κ2) is 6.54. The van der Waals surface area contributed by atoms with Gasteiger partial charge in [-0.15, -0.1) is 11.3 Å². The lowest BCUT2D eigenvalue weighted by atomic mass is 10.1. The van der Waals surface area contributed by atoms with Gasteiger partial charge in [-0.05, 0) is 40.0 Å². The number of hydrogen-bond donors (Lipinski definition) is 2. The number of thiazole rings is 1. The standard InChI is InChI=1S/C14H23N3O2S/c1-14(2,3)19-13(18)17-11-6-4-5-10(11)16-9-12-15-7-8-20-12/h7-8,10-11,16H,4-6,9H2,1-3H3,(H,17,18)/t10-,11-/m0/s1. The van der Waals surface area contributed by atoms with E-state index in [-0.39, 0.29) is 12.1 Å². The van der Waals surface area contributed by atoms with Crippen molar-refractivity contribution in [1.29, 1.82) is 0 Å². The van der Waals surface area contributed by atoms with Crippen LogP contribution in [-0.4, -0.2) is 28.8 Å². The topological polar surface area (TPSA) is 63.2 Å². The normalized spacial score (nSPS) is 22.8. The van der Waals surface area contributed by atoms with Crippen LogP contribution in [0.3, 0.4) is 0 Å². The molecule has 2 atom stereocenters. The van der Waals surface area contributed by atoms with Crippen LogP contribution in [0.1, 0.15) is 45.0 Å². The molecule has 0 unspecified atom stereocenters. The number of amides is 1. The summed E-state index contributed by atoms with van der Waals surface area (Å²) in [4.78, 5) is 16.1. The summed E-state index contributed by atoms with van der Waals surface area (Å²) in [6.45, 7) is 6.38. The Balaban J connectivity index is 1.80. The highest BCUT2D eigenvalue weighted by molar-refractivity contribution is 7.09. The lowest BCUT2D eigenvalue weighted by molar-refractivity contribution is 0.0498. The van der Waals surface area contributed by atoms with Crippen LogP contribution in [0.2, 0.25) is 0 Å². The molecule has 1 aromatic rings. The molecule has 1 aliphatic carbocycles. The summed E-state index contributed by atoms with van der Waals surface area (Å²) >= 11 is 1.64. The number of carbonyl (C=O) groups is 1. The van der Waals surface area contributed by atoms with Gasteiger partial charge in [-0.1, -0.05) is 0 Å². The first kappa shape index (κ1) is 15.3. The van der Waals surface area contributed by atoms with Gasteiger partial charge in [-0.25, -0.2) is 9.78 Å². The summed E-state index contributed by atoms with van der Waals surface area (Å²) in [6, 6.07) is 0.441. The van der Waals surface area contributed by atoms with Gasteiger partial charge in [0.1, 0.15) is 10.6 Å². The Kier molecular flexibility index (Phi) is 4.99. The molecular formula is C14H23N3O2S. The minimum Gasteiger partial charge on any atom is -0.444 e. The van der Waals surface area contributed by atoms with Crippen molar-refractivity contribution in [3.8, 4) is 0 Å². The van der Waals surface area contributed by atoms with Crippen molar-refractivity contribution in [3.05, 3.63) is 16.6 Å². The molecule has 1 saturated carbocycles. The molecule has 0 radical (unpaired) electrons. The van der Waals surface area contributed by atoms with Gasteiger partial charge in [0.15, 0.2) is 0 Å². The van der Waals surface area contributed by atoms with E-state index in [1.807, 2.05) is 32.3 Å². The molecular weight excluding hydrogens is 274 g/mol. The van der Waals surface area contributed by atoms with Crippen molar-refractivity contribution in [2.75, 3.05) is 0 Å². The van der Waals surface area contributed by atoms with Crippen molar-refractivity contribution in [3.63, 3.8) is 0 Å². The van der Waals surface area contributed by atoms with Crippen molar-refractivity contribution in [2.24, 2.45) is 0 Å². The molecule has 112 valence electrons. The van der Waals surface area contributed by atoms with Gasteiger partial charge < -0.3 is 15.4 Å². The number of carbonyl (C=O) groups excluding carboxylic acids is 1. The van der Waals surface area contributed by atoms with E-state index < -0.39 is 5.60 Å². The zero-order valence-corrected chi connectivity index (χ0v) is 13.1. The van der Waals surface area contributed by atoms with Gasteiger partial charge in [0, 0.05) is 30.2 Å². The fourth-order valence-electron chi connectivity index (χ4n) is 2.39. The van der Waals surface area contributed by atoms with Crippen LogP contribution in [0.15, 0.2) is 11.6 Å². The molecule has 2 rings (SSSR count). The highest BCUT2D eigenvalue weighted by Crippen LogP contribution is 2.20. The van der Waals surface area contributed by atoms with Crippen LogP contribution in [-0.2, 0) is 11.3 Å². The van der Waals surface area contributed by atoms with E-state index in [0.717, 1.165) is 30.8 Å². The molecule has 0 saturated heterocycles. The van der Waals surface area contributed by atoms with Crippen LogP contribution < -0.4 is 10.6 Å². The lowest BCUT2D eigenvalue weighted by Crippen LogP contribution is -2.47. The van der Waals surface area contributed by atoms with E-state index in [1.165, 1.54) is 0 Å². The minimum atomic E-state index is -0.452. The predicted molar refractivity (Wildman–Crippen MR) is 79.8 cm³/mol. The first-order chi connectivity index (χ1) is 9.44. The van der Waals surface area contributed by atoms with Crippen molar-refractivity contribution >= 4 is 17.4 Å². The molecule has 1 aromatic heterocycles. The molecule has 1 aliphatic rings. The van der Waals surface area contributed by atoms with Crippen LogP contribution in [0.25, 0.3) is 0 Å². The Bertz CT molecular complexity index is 428. The zero-order valence-electron chi connectivity index (χ0n) is 12.3. The molecule has 0 spiro atoms. The largest absolute Gasteiger partial charge is 0.444 e. The van der Waals surface area contributed by atoms with Crippen LogP contribution in [0.4, 0.5) is 4.79 Å². The summed E-state index contributed by atoms with van der Waals surface area (Å²) in [5.41, 5.74) is -0.452. The zero-order chi connectivity index (χ0) is 14.6. The molecule has 0 aromatic carbocycles. The Morgan fingerprint density at radius 3 is 2.85 bits per heavy atom. The Morgan fingerprint density at radius 2 is 2.20 bits per heavy atom. The molecule has 6 heteroatoms. The number of ether oxygens (including phenoxy) is 1. The number of hydrogen-bond acceptors (Lipinski definition) is 5. The molecule has 1 fully saturated rings. The molecule has 0 bridgehead atoms. The van der Waals surface area contributed by atoms with Crippen LogP contribution in [0.5, 0.6) is 0 Å². The summed E-state index contributed by atoms with van der Waals surface area (Å²) in [5.74, 6) is 0. The molecule has 20 heavy (non-hydrogen) atoms. The molecule has 1 amide bonds. The SMILES string of the molecule is CC(C)(C)OC(=O)N[C@H]1CCC[C@@H]1NCc1nccs1. The maximum atomic E-state index is 11.8. The third-order valence-corrected chi connectivity index (χ3v) is 4.00. The summed E-state index contributed by atoms with van der Waals surface area (Å²) in [6.07, 6.45) is 4.68. The second-order valence-electron chi connectivity index (χ2n) is 6.10. The first-order valence-corrected chi connectivity index (χ1v) is 7.93. The Hall–Kier alpha value is -1.14. The molecule has 5 nitrogen and oxygen atoms in total. The smallest absolute Gasteiger partial charge is 0.407 e. The van der Waals surface area contributed by atoms with Gasteiger partial charge >= 0.3 is 6.09 Å². The highest BCUT2D eigenvalue weighted by atomic mass is 32.1. The molecule has 0 aliphatic heterocycles. The van der Waals surface area contributed by atoms with E-state index in [2.05, 4.69) is 15.6 Å². The average Bonchev–Trinajstić information content (AvgIpc) is 2.94. The van der Waals surface area contributed by atoms with Crippen LogP contribution >= 0.6 is 11.3 Å². The van der Waals surface area contributed by atoms with Crippen LogP contribution in [0, 0.1) is 0 Å². The van der Waals surface area contributed by atoms with Gasteiger partial charge in [-0.3, -0.25) is 0 Å².